The van der Waals surface area contributed by atoms with Crippen molar-refractivity contribution in [2.75, 3.05) is 4.90 Å². The van der Waals surface area contributed by atoms with E-state index in [0.717, 1.165) is 12.8 Å². The second kappa shape index (κ2) is 8.70. The third-order valence-corrected chi connectivity index (χ3v) is 8.08. The fourth-order valence-corrected chi connectivity index (χ4v) is 5.86. The summed E-state index contributed by atoms with van der Waals surface area (Å²) >= 11 is 3.68. The van der Waals surface area contributed by atoms with Crippen LogP contribution in [0, 0.1) is 0 Å². The summed E-state index contributed by atoms with van der Waals surface area (Å²) in [4.78, 5) is 2.43. The molecular weight excluding hydrogens is 490 g/mol. The maximum absolute atomic E-state index is 3.68. The van der Waals surface area contributed by atoms with Gasteiger partial charge in [-0.15, -0.1) is 0 Å². The lowest BCUT2D eigenvalue weighted by molar-refractivity contribution is 0.660. The van der Waals surface area contributed by atoms with Crippen LogP contribution in [0.1, 0.15) is 37.8 Å². The first-order chi connectivity index (χ1) is 17.0. The second-order valence-electron chi connectivity index (χ2n) is 9.92. The first-order valence-electron chi connectivity index (χ1n) is 12.3. The van der Waals surface area contributed by atoms with Gasteiger partial charge in [-0.05, 0) is 81.0 Å². The Bertz CT molecular complexity index is 1460. The minimum atomic E-state index is -0.0192. The Kier molecular flexibility index (Phi) is 5.50. The van der Waals surface area contributed by atoms with Gasteiger partial charge < -0.3 is 4.90 Å². The van der Waals surface area contributed by atoms with Gasteiger partial charge in [0, 0.05) is 22.5 Å². The van der Waals surface area contributed by atoms with Crippen molar-refractivity contribution >= 4 is 27.3 Å². The number of nitrogens with zero attached hydrogens (tertiary/aromatic N) is 1. The lowest BCUT2D eigenvalue weighted by Crippen LogP contribution is -2.19. The molecule has 0 aromatic heterocycles. The molecule has 0 heterocycles. The summed E-state index contributed by atoms with van der Waals surface area (Å²) in [6, 6.07) is 35.4. The summed E-state index contributed by atoms with van der Waals surface area (Å²) in [5, 5.41) is 0. The molecule has 0 spiro atoms. The number of benzene rings is 4. The van der Waals surface area contributed by atoms with E-state index in [0.29, 0.717) is 0 Å². The van der Waals surface area contributed by atoms with Gasteiger partial charge in [-0.3, -0.25) is 0 Å². The summed E-state index contributed by atoms with van der Waals surface area (Å²) < 4.78 is 1.26. The molecular formula is C33H28BrN. The number of anilines is 2. The van der Waals surface area contributed by atoms with E-state index < -0.39 is 0 Å². The third-order valence-electron chi connectivity index (χ3n) is 7.42. The number of rotatable bonds is 4. The van der Waals surface area contributed by atoms with E-state index in [1.54, 1.807) is 0 Å². The fraction of sp³-hybridized carbons (Fsp3) is 0.152. The van der Waals surface area contributed by atoms with E-state index in [1.165, 1.54) is 54.9 Å². The average molecular weight is 518 g/mol. The number of halogens is 1. The van der Waals surface area contributed by atoms with Crippen molar-refractivity contribution in [2.45, 2.75) is 32.1 Å². The highest BCUT2D eigenvalue weighted by atomic mass is 79.9. The monoisotopic (exact) mass is 517 g/mol. The van der Waals surface area contributed by atoms with Crippen molar-refractivity contribution in [1.29, 1.82) is 0 Å². The minimum absolute atomic E-state index is 0.0192. The molecule has 1 nitrogen and oxygen atoms in total. The normalized spacial score (nSPS) is 15.6. The molecule has 0 N–H and O–H groups in total. The van der Waals surface area contributed by atoms with Gasteiger partial charge in [0.2, 0.25) is 0 Å². The Balaban J connectivity index is 1.46. The first kappa shape index (κ1) is 22.1. The molecule has 0 bridgehead atoms. The first-order valence-corrected chi connectivity index (χ1v) is 13.1. The van der Waals surface area contributed by atoms with E-state index in [4.69, 9.17) is 0 Å². The Morgan fingerprint density at radius 2 is 1.29 bits per heavy atom. The summed E-state index contributed by atoms with van der Waals surface area (Å²) in [6.45, 7) is 4.69. The molecule has 6 rings (SSSR count). The van der Waals surface area contributed by atoms with E-state index in [2.05, 4.69) is 144 Å². The Labute approximate surface area is 216 Å². The van der Waals surface area contributed by atoms with Crippen LogP contribution in [-0.4, -0.2) is 0 Å². The fourth-order valence-electron chi connectivity index (χ4n) is 5.53. The van der Waals surface area contributed by atoms with Crippen LogP contribution < -0.4 is 4.90 Å². The van der Waals surface area contributed by atoms with Crippen molar-refractivity contribution in [2.24, 2.45) is 0 Å². The van der Waals surface area contributed by atoms with Crippen LogP contribution in [0.2, 0.25) is 0 Å². The maximum Gasteiger partial charge on any atom is 0.0461 e. The number of allylic oxidation sites excluding steroid dienone is 4. The summed E-state index contributed by atoms with van der Waals surface area (Å²) in [6.07, 6.45) is 6.47. The van der Waals surface area contributed by atoms with E-state index in [1.807, 2.05) is 0 Å². The van der Waals surface area contributed by atoms with Crippen LogP contribution >= 0.6 is 15.9 Å². The quantitative estimate of drug-likeness (QED) is 0.260. The molecule has 2 aliphatic rings. The average Bonchev–Trinajstić information content (AvgIpc) is 3.13. The van der Waals surface area contributed by atoms with E-state index in [9.17, 15) is 0 Å². The molecule has 2 aliphatic carbocycles. The molecule has 0 amide bonds. The number of hydrogen-bond donors (Lipinski definition) is 0. The summed E-state index contributed by atoms with van der Waals surface area (Å²) in [5.41, 5.74) is 11.7. The van der Waals surface area contributed by atoms with E-state index >= 15 is 0 Å². The molecule has 35 heavy (non-hydrogen) atoms. The molecule has 0 fully saturated rings. The minimum Gasteiger partial charge on any atom is -0.314 e. The molecule has 172 valence electrons. The van der Waals surface area contributed by atoms with Crippen molar-refractivity contribution in [1.82, 2.24) is 0 Å². The molecule has 0 aliphatic heterocycles. The Hall–Kier alpha value is -3.36. The van der Waals surface area contributed by atoms with Gasteiger partial charge in [0.15, 0.2) is 0 Å². The smallest absolute Gasteiger partial charge is 0.0461 e. The Morgan fingerprint density at radius 1 is 0.629 bits per heavy atom. The molecule has 0 radical (unpaired) electrons. The van der Waals surface area contributed by atoms with Gasteiger partial charge in [-0.25, -0.2) is 0 Å². The number of fused-ring (bicyclic) bond motifs is 3. The maximum atomic E-state index is 3.68. The predicted octanol–water partition coefficient (Wildman–Crippen LogP) is 9.75. The second-order valence-corrected chi connectivity index (χ2v) is 10.9. The zero-order valence-electron chi connectivity index (χ0n) is 20.1. The molecule has 0 saturated carbocycles. The van der Waals surface area contributed by atoms with Gasteiger partial charge in [0.1, 0.15) is 0 Å². The topological polar surface area (TPSA) is 3.24 Å². The van der Waals surface area contributed by atoms with Gasteiger partial charge in [0.25, 0.3) is 0 Å². The highest BCUT2D eigenvalue weighted by Crippen LogP contribution is 2.50. The standard InChI is InChI=1S/C33H28BrN/c1-33(2)31-11-7-6-10-29(31)30-21-20-28(22-32(30)33)35(27-18-14-25(34)15-19-27)26-16-12-24(13-17-26)23-8-4-3-5-9-23/h3-14,16-18,20-22H,15,19H2,1-2H3. The van der Waals surface area contributed by atoms with Crippen LogP contribution in [0.3, 0.4) is 0 Å². The predicted molar refractivity (Wildman–Crippen MR) is 152 cm³/mol. The van der Waals surface area contributed by atoms with E-state index in [-0.39, 0.29) is 5.41 Å². The van der Waals surface area contributed by atoms with Crippen LogP contribution in [-0.2, 0) is 5.41 Å². The molecule has 4 aromatic rings. The summed E-state index contributed by atoms with van der Waals surface area (Å²) in [5.74, 6) is 0. The lowest BCUT2D eigenvalue weighted by atomic mass is 9.82. The third kappa shape index (κ3) is 3.86. The summed E-state index contributed by atoms with van der Waals surface area (Å²) in [7, 11) is 0. The van der Waals surface area contributed by atoms with Gasteiger partial charge in [0.05, 0.1) is 0 Å². The molecule has 0 unspecified atom stereocenters. The van der Waals surface area contributed by atoms with Crippen LogP contribution in [0.15, 0.2) is 119 Å². The zero-order valence-corrected chi connectivity index (χ0v) is 21.7. The lowest BCUT2D eigenvalue weighted by Gasteiger charge is -2.31. The largest absolute Gasteiger partial charge is 0.314 e. The highest BCUT2D eigenvalue weighted by molar-refractivity contribution is 9.11. The van der Waals surface area contributed by atoms with Crippen LogP contribution in [0.5, 0.6) is 0 Å². The Morgan fingerprint density at radius 3 is 2.03 bits per heavy atom. The SMILES string of the molecule is CC1(C)c2ccccc2-c2ccc(N(C3=CC=C(Br)CC3)c3ccc(-c4ccccc4)cc3)cc21. The van der Waals surface area contributed by atoms with Crippen molar-refractivity contribution in [3.63, 3.8) is 0 Å². The molecule has 0 atom stereocenters. The molecule has 0 saturated heterocycles. The van der Waals surface area contributed by atoms with Gasteiger partial charge >= 0.3 is 0 Å². The van der Waals surface area contributed by atoms with Crippen LogP contribution in [0.25, 0.3) is 22.3 Å². The molecule has 2 heteroatoms. The number of hydrogen-bond acceptors (Lipinski definition) is 1. The zero-order chi connectivity index (χ0) is 24.0. The molecule has 4 aromatic carbocycles. The highest BCUT2D eigenvalue weighted by Gasteiger charge is 2.35. The van der Waals surface area contributed by atoms with Crippen molar-refractivity contribution < 1.29 is 0 Å². The van der Waals surface area contributed by atoms with Crippen molar-refractivity contribution in [3.05, 3.63) is 131 Å². The van der Waals surface area contributed by atoms with Gasteiger partial charge in [-0.1, -0.05) is 109 Å². The van der Waals surface area contributed by atoms with Gasteiger partial charge in [-0.2, -0.15) is 0 Å². The van der Waals surface area contributed by atoms with Crippen molar-refractivity contribution in [3.8, 4) is 22.3 Å². The van der Waals surface area contributed by atoms with Crippen LogP contribution in [0.4, 0.5) is 11.4 Å².